The third-order valence-corrected chi connectivity index (χ3v) is 3.37. The van der Waals surface area contributed by atoms with E-state index in [0.717, 1.165) is 15.6 Å². The molecular weight excluding hydrogens is 320 g/mol. The molecule has 2 rings (SSSR count). The Bertz CT molecular complexity index is 552. The topological polar surface area (TPSA) is 46.5 Å². The maximum Gasteiger partial charge on any atom is 0.335 e. The van der Waals surface area contributed by atoms with Crippen LogP contribution in [0.2, 0.25) is 0 Å². The van der Waals surface area contributed by atoms with Gasteiger partial charge in [0.1, 0.15) is 6.61 Å². The Hall–Kier alpha value is -1.65. The van der Waals surface area contributed by atoms with Crippen molar-refractivity contribution in [3.05, 3.63) is 70.2 Å². The summed E-state index contributed by atoms with van der Waals surface area (Å²) < 4.78 is 6.05. The molecule has 3 nitrogen and oxygen atoms in total. The lowest BCUT2D eigenvalue weighted by molar-refractivity contribution is -0.154. The Kier molecular flexibility index (Phi) is 5.32. The van der Waals surface area contributed by atoms with Gasteiger partial charge in [-0.05, 0) is 23.3 Å². The van der Waals surface area contributed by atoms with E-state index in [1.54, 1.807) is 0 Å². The van der Waals surface area contributed by atoms with Gasteiger partial charge in [-0.3, -0.25) is 0 Å². The molecule has 20 heavy (non-hydrogen) atoms. The highest BCUT2D eigenvalue weighted by atomic mass is 79.9. The fourth-order valence-corrected chi connectivity index (χ4v) is 2.02. The van der Waals surface area contributed by atoms with Gasteiger partial charge in [0.2, 0.25) is 0 Å². The molecule has 4 heteroatoms. The summed E-state index contributed by atoms with van der Waals surface area (Å²) in [5, 5.41) is 9.83. The van der Waals surface area contributed by atoms with Crippen LogP contribution in [0.25, 0.3) is 0 Å². The molecule has 0 spiro atoms. The highest BCUT2D eigenvalue weighted by Gasteiger charge is 2.17. The van der Waals surface area contributed by atoms with Gasteiger partial charge in [-0.1, -0.05) is 58.4 Å². The molecular formula is C16H15BrO3. The van der Waals surface area contributed by atoms with Crippen molar-refractivity contribution in [3.8, 4) is 0 Å². The smallest absolute Gasteiger partial charge is 0.335 e. The number of ether oxygens (including phenoxy) is 1. The summed E-state index contributed by atoms with van der Waals surface area (Å²) in [4.78, 5) is 11.7. The highest BCUT2D eigenvalue weighted by molar-refractivity contribution is 9.10. The first-order chi connectivity index (χ1) is 9.65. The van der Waals surface area contributed by atoms with Crippen LogP contribution in [-0.2, 0) is 22.6 Å². The summed E-state index contributed by atoms with van der Waals surface area (Å²) in [6.07, 6.45) is -0.888. The minimum Gasteiger partial charge on any atom is -0.459 e. The predicted molar refractivity (Wildman–Crippen MR) is 80.1 cm³/mol. The van der Waals surface area contributed by atoms with Crippen molar-refractivity contribution in [1.29, 1.82) is 0 Å². The van der Waals surface area contributed by atoms with E-state index < -0.39 is 12.1 Å². The van der Waals surface area contributed by atoms with Gasteiger partial charge in [0.05, 0.1) is 0 Å². The van der Waals surface area contributed by atoms with Crippen molar-refractivity contribution < 1.29 is 14.6 Å². The minimum absolute atomic E-state index is 0.178. The number of aliphatic hydroxyl groups excluding tert-OH is 1. The average Bonchev–Trinajstić information content (AvgIpc) is 2.48. The zero-order valence-electron chi connectivity index (χ0n) is 10.8. The molecule has 0 heterocycles. The van der Waals surface area contributed by atoms with Crippen molar-refractivity contribution in [3.63, 3.8) is 0 Å². The molecule has 0 radical (unpaired) electrons. The van der Waals surface area contributed by atoms with Gasteiger partial charge >= 0.3 is 5.97 Å². The Morgan fingerprint density at radius 3 is 2.35 bits per heavy atom. The monoisotopic (exact) mass is 334 g/mol. The number of rotatable bonds is 5. The van der Waals surface area contributed by atoms with Crippen LogP contribution in [0.4, 0.5) is 0 Å². The van der Waals surface area contributed by atoms with E-state index in [1.165, 1.54) is 0 Å². The number of aliphatic hydroxyl groups is 1. The summed E-state index contributed by atoms with van der Waals surface area (Å²) in [6.45, 7) is 0.178. The normalized spacial score (nSPS) is 11.9. The van der Waals surface area contributed by atoms with Gasteiger partial charge in [-0.15, -0.1) is 0 Å². The number of hydrogen-bond acceptors (Lipinski definition) is 3. The Labute approximate surface area is 126 Å². The number of esters is 1. The molecule has 0 saturated carbocycles. The quantitative estimate of drug-likeness (QED) is 0.854. The van der Waals surface area contributed by atoms with Crippen LogP contribution in [0, 0.1) is 0 Å². The molecule has 0 aliphatic heterocycles. The molecule has 2 aromatic carbocycles. The van der Waals surface area contributed by atoms with E-state index in [-0.39, 0.29) is 13.0 Å². The number of benzene rings is 2. The van der Waals surface area contributed by atoms with Crippen molar-refractivity contribution in [2.24, 2.45) is 0 Å². The fourth-order valence-electron chi connectivity index (χ4n) is 1.75. The minimum atomic E-state index is -1.14. The summed E-state index contributed by atoms with van der Waals surface area (Å²) in [5.41, 5.74) is 1.79. The van der Waals surface area contributed by atoms with E-state index in [1.807, 2.05) is 54.6 Å². The first-order valence-electron chi connectivity index (χ1n) is 6.28. The molecule has 0 fully saturated rings. The fraction of sp³-hybridized carbons (Fsp3) is 0.188. The van der Waals surface area contributed by atoms with Gasteiger partial charge in [-0.25, -0.2) is 4.79 Å². The lowest BCUT2D eigenvalue weighted by Crippen LogP contribution is -2.25. The molecule has 0 amide bonds. The lowest BCUT2D eigenvalue weighted by atomic mass is 10.1. The standard InChI is InChI=1S/C16H15BrO3/c17-14-8-6-12(7-9-14)10-15(18)16(19)20-11-13-4-2-1-3-5-13/h1-9,15,18H,10-11H2/t15-/m1/s1. The van der Waals surface area contributed by atoms with E-state index in [9.17, 15) is 9.90 Å². The number of hydrogen-bond donors (Lipinski definition) is 1. The number of carbonyl (C=O) groups excluding carboxylic acids is 1. The van der Waals surface area contributed by atoms with Gasteiger partial charge in [0.25, 0.3) is 0 Å². The van der Waals surface area contributed by atoms with Crippen molar-refractivity contribution in [1.82, 2.24) is 0 Å². The van der Waals surface area contributed by atoms with Crippen LogP contribution in [-0.4, -0.2) is 17.2 Å². The maximum absolute atomic E-state index is 11.7. The number of halogens is 1. The lowest BCUT2D eigenvalue weighted by Gasteiger charge is -2.11. The molecule has 0 aromatic heterocycles. The zero-order valence-corrected chi connectivity index (χ0v) is 12.4. The third-order valence-electron chi connectivity index (χ3n) is 2.84. The molecule has 2 aromatic rings. The first-order valence-corrected chi connectivity index (χ1v) is 7.07. The van der Waals surface area contributed by atoms with E-state index in [0.29, 0.717) is 0 Å². The molecule has 1 N–H and O–H groups in total. The first kappa shape index (κ1) is 14.8. The van der Waals surface area contributed by atoms with Crippen molar-refractivity contribution in [2.75, 3.05) is 0 Å². The maximum atomic E-state index is 11.7. The zero-order chi connectivity index (χ0) is 14.4. The van der Waals surface area contributed by atoms with Gasteiger partial charge < -0.3 is 9.84 Å². The van der Waals surface area contributed by atoms with Crippen LogP contribution >= 0.6 is 15.9 Å². The summed E-state index contributed by atoms with van der Waals surface area (Å²) in [7, 11) is 0. The average molecular weight is 335 g/mol. The molecule has 0 unspecified atom stereocenters. The highest BCUT2D eigenvalue weighted by Crippen LogP contribution is 2.12. The van der Waals surface area contributed by atoms with Gasteiger partial charge in [0.15, 0.2) is 6.10 Å². The second-order valence-corrected chi connectivity index (χ2v) is 5.36. The molecule has 0 bridgehead atoms. The largest absolute Gasteiger partial charge is 0.459 e. The van der Waals surface area contributed by atoms with Crippen LogP contribution < -0.4 is 0 Å². The second kappa shape index (κ2) is 7.22. The van der Waals surface area contributed by atoms with Gasteiger partial charge in [-0.2, -0.15) is 0 Å². The predicted octanol–water partition coefficient (Wildman–Crippen LogP) is 3.10. The third kappa shape index (κ3) is 4.47. The Balaban J connectivity index is 1.84. The molecule has 104 valence electrons. The summed E-state index contributed by atoms with van der Waals surface area (Å²) in [5.74, 6) is -0.600. The van der Waals surface area contributed by atoms with E-state index in [2.05, 4.69) is 15.9 Å². The second-order valence-electron chi connectivity index (χ2n) is 4.44. The van der Waals surface area contributed by atoms with Crippen LogP contribution in [0.1, 0.15) is 11.1 Å². The van der Waals surface area contributed by atoms with E-state index >= 15 is 0 Å². The van der Waals surface area contributed by atoms with Crippen molar-refractivity contribution in [2.45, 2.75) is 19.1 Å². The Morgan fingerprint density at radius 1 is 1.05 bits per heavy atom. The molecule has 0 aliphatic carbocycles. The SMILES string of the molecule is O=C(OCc1ccccc1)[C@H](O)Cc1ccc(Br)cc1. The summed E-state index contributed by atoms with van der Waals surface area (Å²) in [6, 6.07) is 16.9. The number of carbonyl (C=O) groups is 1. The van der Waals surface area contributed by atoms with Gasteiger partial charge in [0, 0.05) is 10.9 Å². The molecule has 1 atom stereocenters. The van der Waals surface area contributed by atoms with E-state index in [4.69, 9.17) is 4.74 Å². The van der Waals surface area contributed by atoms with Crippen LogP contribution in [0.3, 0.4) is 0 Å². The van der Waals surface area contributed by atoms with Crippen LogP contribution in [0.5, 0.6) is 0 Å². The molecule has 0 aliphatic rings. The van der Waals surface area contributed by atoms with Crippen molar-refractivity contribution >= 4 is 21.9 Å². The summed E-state index contributed by atoms with van der Waals surface area (Å²) >= 11 is 3.34. The molecule has 0 saturated heterocycles. The Morgan fingerprint density at radius 2 is 1.70 bits per heavy atom. The van der Waals surface area contributed by atoms with Crippen LogP contribution in [0.15, 0.2) is 59.1 Å².